The first-order valence-electron chi connectivity index (χ1n) is 4.73. The lowest BCUT2D eigenvalue weighted by molar-refractivity contribution is -0.160. The minimum atomic E-state index is -4.58. The van der Waals surface area contributed by atoms with E-state index in [1.807, 2.05) is 0 Å². The first-order chi connectivity index (χ1) is 7.49. The molecule has 0 rings (SSSR count). The molecule has 0 saturated carbocycles. The second-order valence-electron chi connectivity index (χ2n) is 3.64. The van der Waals surface area contributed by atoms with E-state index in [2.05, 4.69) is 0 Å². The largest absolute Gasteiger partial charge is 0.406 e. The molecule has 0 aliphatic heterocycles. The van der Waals surface area contributed by atoms with Gasteiger partial charge in [0.1, 0.15) is 11.8 Å². The maximum absolute atomic E-state index is 12.2. The summed E-state index contributed by atoms with van der Waals surface area (Å²) in [6.45, 7) is -0.947. The van der Waals surface area contributed by atoms with E-state index in [1.165, 1.54) is 0 Å². The van der Waals surface area contributed by atoms with Gasteiger partial charge in [-0.15, -0.1) is 0 Å². The fourth-order valence-electron chi connectivity index (χ4n) is 1.08. The van der Waals surface area contributed by atoms with Crippen LogP contribution in [0, 0.1) is 0 Å². The van der Waals surface area contributed by atoms with Crippen molar-refractivity contribution < 1.29 is 26.4 Å². The Labute approximate surface area is 97.7 Å². The molecule has 1 atom stereocenters. The monoisotopic (exact) mass is 276 g/mol. The Bertz CT molecular complexity index is 367. The second kappa shape index (κ2) is 5.67. The molecule has 2 N–H and O–H groups in total. The zero-order valence-electron chi connectivity index (χ0n) is 9.49. The number of carbonyl (C=O) groups excluding carboxylic acids is 1. The lowest BCUT2D eigenvalue weighted by Crippen LogP contribution is -2.47. The average molecular weight is 276 g/mol. The van der Waals surface area contributed by atoms with Crippen molar-refractivity contribution in [3.63, 3.8) is 0 Å². The summed E-state index contributed by atoms with van der Waals surface area (Å²) in [4.78, 5) is 12.0. The number of alkyl halides is 3. The topological polar surface area (TPSA) is 80.5 Å². The van der Waals surface area contributed by atoms with Crippen LogP contribution in [0.4, 0.5) is 13.2 Å². The van der Waals surface area contributed by atoms with E-state index < -0.39 is 33.7 Å². The molecule has 0 aromatic heterocycles. The minimum absolute atomic E-state index is 0.168. The highest BCUT2D eigenvalue weighted by Gasteiger charge is 2.36. The van der Waals surface area contributed by atoms with Crippen LogP contribution in [-0.4, -0.2) is 56.5 Å². The van der Waals surface area contributed by atoms with E-state index in [0.29, 0.717) is 4.90 Å². The van der Waals surface area contributed by atoms with Crippen LogP contribution < -0.4 is 5.73 Å². The maximum atomic E-state index is 12.2. The summed E-state index contributed by atoms with van der Waals surface area (Å²) in [6, 6.07) is 0. The van der Waals surface area contributed by atoms with Crippen LogP contribution in [0.15, 0.2) is 0 Å². The van der Waals surface area contributed by atoms with Crippen LogP contribution in [0.1, 0.15) is 6.92 Å². The summed E-state index contributed by atoms with van der Waals surface area (Å²) in [5.74, 6) is -1.09. The second-order valence-corrected chi connectivity index (χ2v) is 6.00. The number of hydrogen-bond donors (Lipinski definition) is 1. The number of nitrogens with two attached hydrogens (primary N) is 1. The SMILES string of the molecule is CC(C(=O)N(CCN)CC(F)(F)F)S(C)(=O)=O. The van der Waals surface area contributed by atoms with Gasteiger partial charge < -0.3 is 10.6 Å². The van der Waals surface area contributed by atoms with E-state index in [1.54, 1.807) is 0 Å². The zero-order chi connectivity index (χ0) is 13.9. The third-order valence-corrected chi connectivity index (χ3v) is 3.56. The van der Waals surface area contributed by atoms with E-state index >= 15 is 0 Å². The minimum Gasteiger partial charge on any atom is -0.331 e. The molecule has 0 bridgehead atoms. The molecule has 17 heavy (non-hydrogen) atoms. The van der Waals surface area contributed by atoms with Crippen molar-refractivity contribution in [1.29, 1.82) is 0 Å². The van der Waals surface area contributed by atoms with Gasteiger partial charge >= 0.3 is 6.18 Å². The Morgan fingerprint density at radius 2 is 1.88 bits per heavy atom. The molecular weight excluding hydrogens is 261 g/mol. The van der Waals surface area contributed by atoms with Crippen molar-refractivity contribution in [1.82, 2.24) is 4.90 Å². The van der Waals surface area contributed by atoms with Gasteiger partial charge in [-0.1, -0.05) is 0 Å². The molecule has 0 saturated heterocycles. The Morgan fingerprint density at radius 1 is 1.41 bits per heavy atom. The van der Waals surface area contributed by atoms with Gasteiger partial charge in [0.15, 0.2) is 9.84 Å². The molecule has 9 heteroatoms. The molecular formula is C8H15F3N2O3S. The molecule has 102 valence electrons. The number of rotatable bonds is 5. The number of carbonyl (C=O) groups is 1. The normalized spacial score (nSPS) is 14.5. The fraction of sp³-hybridized carbons (Fsp3) is 0.875. The molecule has 0 aliphatic carbocycles. The highest BCUT2D eigenvalue weighted by molar-refractivity contribution is 7.92. The first-order valence-corrected chi connectivity index (χ1v) is 6.69. The molecule has 0 fully saturated rings. The average Bonchev–Trinajstić information content (AvgIpc) is 2.11. The van der Waals surface area contributed by atoms with Gasteiger partial charge in [0.05, 0.1) is 0 Å². The number of halogens is 3. The van der Waals surface area contributed by atoms with E-state index in [-0.39, 0.29) is 13.1 Å². The quantitative estimate of drug-likeness (QED) is 0.752. The Balaban J connectivity index is 4.90. The van der Waals surface area contributed by atoms with Gasteiger partial charge in [-0.3, -0.25) is 4.79 Å². The maximum Gasteiger partial charge on any atom is 0.406 e. The summed E-state index contributed by atoms with van der Waals surface area (Å²) >= 11 is 0. The third kappa shape index (κ3) is 5.87. The summed E-state index contributed by atoms with van der Waals surface area (Å²) < 4.78 is 58.7. The van der Waals surface area contributed by atoms with Gasteiger partial charge in [-0.05, 0) is 6.92 Å². The smallest absolute Gasteiger partial charge is 0.331 e. The fourth-order valence-corrected chi connectivity index (χ4v) is 1.60. The van der Waals surface area contributed by atoms with Crippen LogP contribution in [0.2, 0.25) is 0 Å². The van der Waals surface area contributed by atoms with Crippen LogP contribution in [0.5, 0.6) is 0 Å². The van der Waals surface area contributed by atoms with Crippen molar-refractivity contribution in [3.8, 4) is 0 Å². The van der Waals surface area contributed by atoms with Crippen molar-refractivity contribution in [2.75, 3.05) is 25.9 Å². The highest BCUT2D eigenvalue weighted by atomic mass is 32.2. The van der Waals surface area contributed by atoms with Crippen molar-refractivity contribution in [2.24, 2.45) is 5.73 Å². The van der Waals surface area contributed by atoms with Gasteiger partial charge in [0.2, 0.25) is 5.91 Å². The Morgan fingerprint density at radius 3 is 2.18 bits per heavy atom. The van der Waals surface area contributed by atoms with Gasteiger partial charge in [0, 0.05) is 19.3 Å². The van der Waals surface area contributed by atoms with Crippen LogP contribution >= 0.6 is 0 Å². The molecule has 0 heterocycles. The molecule has 5 nitrogen and oxygen atoms in total. The Kier molecular flexibility index (Phi) is 5.40. The number of hydrogen-bond acceptors (Lipinski definition) is 4. The molecule has 0 aromatic carbocycles. The molecule has 0 aliphatic rings. The summed E-state index contributed by atoms with van der Waals surface area (Å²) in [6.07, 6.45) is -3.79. The molecule has 0 radical (unpaired) electrons. The van der Waals surface area contributed by atoms with Crippen LogP contribution in [0.3, 0.4) is 0 Å². The molecule has 0 aromatic rings. The Hall–Kier alpha value is -0.830. The van der Waals surface area contributed by atoms with Gasteiger partial charge in [-0.25, -0.2) is 8.42 Å². The predicted molar refractivity (Wildman–Crippen MR) is 56.0 cm³/mol. The number of sulfone groups is 1. The molecule has 1 unspecified atom stereocenters. The third-order valence-electron chi connectivity index (χ3n) is 2.07. The summed E-state index contributed by atoms with van der Waals surface area (Å²) in [7, 11) is -3.72. The van der Waals surface area contributed by atoms with E-state index in [0.717, 1.165) is 13.2 Å². The zero-order valence-corrected chi connectivity index (χ0v) is 10.3. The van der Waals surface area contributed by atoms with Gasteiger partial charge in [-0.2, -0.15) is 13.2 Å². The first kappa shape index (κ1) is 16.2. The van der Waals surface area contributed by atoms with Crippen molar-refractivity contribution in [2.45, 2.75) is 18.3 Å². The highest BCUT2D eigenvalue weighted by Crippen LogP contribution is 2.17. The van der Waals surface area contributed by atoms with Gasteiger partial charge in [0.25, 0.3) is 0 Å². The lowest BCUT2D eigenvalue weighted by Gasteiger charge is -2.25. The summed E-state index contributed by atoms with van der Waals surface area (Å²) in [5.41, 5.74) is 5.08. The number of nitrogens with zero attached hydrogens (tertiary/aromatic N) is 1. The van der Waals surface area contributed by atoms with Crippen LogP contribution in [-0.2, 0) is 14.6 Å². The van der Waals surface area contributed by atoms with E-state index in [9.17, 15) is 26.4 Å². The van der Waals surface area contributed by atoms with Crippen molar-refractivity contribution >= 4 is 15.7 Å². The lowest BCUT2D eigenvalue weighted by atomic mass is 10.3. The number of amides is 1. The summed E-state index contributed by atoms with van der Waals surface area (Å²) in [5, 5.41) is -1.50. The van der Waals surface area contributed by atoms with Crippen LogP contribution in [0.25, 0.3) is 0 Å². The van der Waals surface area contributed by atoms with Crippen molar-refractivity contribution in [3.05, 3.63) is 0 Å². The molecule has 0 spiro atoms. The standard InChI is InChI=1S/C8H15F3N2O3S/c1-6(17(2,15)16)7(14)13(4-3-12)5-8(9,10)11/h6H,3-5,12H2,1-2H3. The van der Waals surface area contributed by atoms with E-state index in [4.69, 9.17) is 5.73 Å². The predicted octanol–water partition coefficient (Wildman–Crippen LogP) is -0.231. The molecule has 1 amide bonds.